The van der Waals surface area contributed by atoms with E-state index in [4.69, 9.17) is 11.0 Å². The van der Waals surface area contributed by atoms with Crippen LogP contribution in [-0.4, -0.2) is 31.1 Å². The molecule has 2 aliphatic rings. The van der Waals surface area contributed by atoms with Crippen molar-refractivity contribution in [2.24, 2.45) is 17.1 Å². The van der Waals surface area contributed by atoms with Crippen LogP contribution in [0.1, 0.15) is 25.7 Å². The first-order valence-corrected chi connectivity index (χ1v) is 5.57. The summed E-state index contributed by atoms with van der Waals surface area (Å²) in [5.74, 6) is 0.702. The first kappa shape index (κ1) is 9.95. The third-order valence-electron chi connectivity index (χ3n) is 3.67. The van der Waals surface area contributed by atoms with Crippen molar-refractivity contribution in [1.29, 1.82) is 5.26 Å². The molecule has 14 heavy (non-hydrogen) atoms. The normalized spacial score (nSPS) is 30.1. The van der Waals surface area contributed by atoms with Gasteiger partial charge < -0.3 is 10.6 Å². The van der Waals surface area contributed by atoms with E-state index in [9.17, 15) is 0 Å². The van der Waals surface area contributed by atoms with Gasteiger partial charge in [0.1, 0.15) is 0 Å². The van der Waals surface area contributed by atoms with Crippen LogP contribution in [0.2, 0.25) is 0 Å². The number of nitriles is 1. The fourth-order valence-electron chi connectivity index (χ4n) is 2.46. The average Bonchev–Trinajstić information content (AvgIpc) is 2.78. The Kier molecular flexibility index (Phi) is 2.76. The van der Waals surface area contributed by atoms with Crippen LogP contribution in [0.4, 0.5) is 0 Å². The van der Waals surface area contributed by atoms with E-state index in [1.807, 2.05) is 0 Å². The molecule has 2 rings (SSSR count). The maximum absolute atomic E-state index is 8.73. The van der Waals surface area contributed by atoms with Gasteiger partial charge in [0, 0.05) is 19.5 Å². The molecule has 2 fully saturated rings. The van der Waals surface area contributed by atoms with Crippen molar-refractivity contribution in [3.05, 3.63) is 0 Å². The molecule has 1 heterocycles. The van der Waals surface area contributed by atoms with Crippen LogP contribution in [0.3, 0.4) is 0 Å². The zero-order valence-corrected chi connectivity index (χ0v) is 8.71. The molecule has 0 spiro atoms. The van der Waals surface area contributed by atoms with Crippen LogP contribution in [0, 0.1) is 22.7 Å². The van der Waals surface area contributed by atoms with Crippen LogP contribution in [0.25, 0.3) is 0 Å². The number of nitrogens with two attached hydrogens (primary N) is 1. The van der Waals surface area contributed by atoms with Gasteiger partial charge >= 0.3 is 0 Å². The summed E-state index contributed by atoms with van der Waals surface area (Å²) >= 11 is 0. The van der Waals surface area contributed by atoms with Gasteiger partial charge in [-0.25, -0.2) is 0 Å². The lowest BCUT2D eigenvalue weighted by Crippen LogP contribution is -2.29. The molecule has 0 radical (unpaired) electrons. The molecule has 3 heteroatoms. The SMILES string of the molecule is N#CCC1(CN2CCC(CN)C2)CC1. The van der Waals surface area contributed by atoms with Gasteiger partial charge in [0.05, 0.1) is 6.07 Å². The first-order chi connectivity index (χ1) is 6.78. The second kappa shape index (κ2) is 3.88. The highest BCUT2D eigenvalue weighted by Crippen LogP contribution is 2.49. The summed E-state index contributed by atoms with van der Waals surface area (Å²) in [6, 6.07) is 2.32. The molecular weight excluding hydrogens is 174 g/mol. The fourth-order valence-corrected chi connectivity index (χ4v) is 2.46. The van der Waals surface area contributed by atoms with Crippen LogP contribution in [-0.2, 0) is 0 Å². The minimum Gasteiger partial charge on any atom is -0.330 e. The Morgan fingerprint density at radius 3 is 2.79 bits per heavy atom. The molecule has 3 nitrogen and oxygen atoms in total. The number of rotatable bonds is 4. The Bertz CT molecular complexity index is 239. The smallest absolute Gasteiger partial charge is 0.0628 e. The molecular formula is C11H19N3. The van der Waals surface area contributed by atoms with Gasteiger partial charge in [0.2, 0.25) is 0 Å². The van der Waals surface area contributed by atoms with Gasteiger partial charge in [-0.3, -0.25) is 0 Å². The zero-order valence-electron chi connectivity index (χ0n) is 8.71. The fraction of sp³-hybridized carbons (Fsp3) is 0.909. The molecule has 2 N–H and O–H groups in total. The topological polar surface area (TPSA) is 53.0 Å². The van der Waals surface area contributed by atoms with Crippen molar-refractivity contribution in [2.75, 3.05) is 26.2 Å². The Balaban J connectivity index is 1.79. The molecule has 1 unspecified atom stereocenters. The minimum atomic E-state index is 0.373. The zero-order chi connectivity index (χ0) is 10.0. The lowest BCUT2D eigenvalue weighted by atomic mass is 10.0. The van der Waals surface area contributed by atoms with E-state index in [0.29, 0.717) is 11.3 Å². The summed E-state index contributed by atoms with van der Waals surface area (Å²) in [5, 5.41) is 8.73. The highest BCUT2D eigenvalue weighted by Gasteiger charge is 2.44. The minimum absolute atomic E-state index is 0.373. The lowest BCUT2D eigenvalue weighted by molar-refractivity contribution is 0.258. The first-order valence-electron chi connectivity index (χ1n) is 5.57. The monoisotopic (exact) mass is 193 g/mol. The maximum atomic E-state index is 8.73. The van der Waals surface area contributed by atoms with Crippen molar-refractivity contribution < 1.29 is 0 Å². The molecule has 1 saturated carbocycles. The number of hydrogen-bond acceptors (Lipinski definition) is 3. The van der Waals surface area contributed by atoms with Crippen LogP contribution in [0.15, 0.2) is 0 Å². The van der Waals surface area contributed by atoms with E-state index in [2.05, 4.69) is 11.0 Å². The summed E-state index contributed by atoms with van der Waals surface area (Å²) in [6.45, 7) is 4.30. The van der Waals surface area contributed by atoms with Gasteiger partial charge in [-0.1, -0.05) is 0 Å². The van der Waals surface area contributed by atoms with Gasteiger partial charge in [0.15, 0.2) is 0 Å². The summed E-state index contributed by atoms with van der Waals surface area (Å²) in [4.78, 5) is 2.50. The Hall–Kier alpha value is -0.590. The predicted octanol–water partition coefficient (Wildman–Crippen LogP) is 0.961. The van der Waals surface area contributed by atoms with Crippen molar-refractivity contribution in [2.45, 2.75) is 25.7 Å². The Morgan fingerprint density at radius 1 is 1.50 bits per heavy atom. The van der Waals surface area contributed by atoms with Crippen molar-refractivity contribution in [3.63, 3.8) is 0 Å². The van der Waals surface area contributed by atoms with Gasteiger partial charge in [-0.15, -0.1) is 0 Å². The van der Waals surface area contributed by atoms with Gasteiger partial charge in [0.25, 0.3) is 0 Å². The summed E-state index contributed by atoms with van der Waals surface area (Å²) in [6.07, 6.45) is 4.50. The quantitative estimate of drug-likeness (QED) is 0.723. The van der Waals surface area contributed by atoms with Crippen molar-refractivity contribution in [3.8, 4) is 6.07 Å². The van der Waals surface area contributed by atoms with Crippen molar-refractivity contribution in [1.82, 2.24) is 4.90 Å². The van der Waals surface area contributed by atoms with Crippen LogP contribution >= 0.6 is 0 Å². The molecule has 0 aromatic heterocycles. The number of hydrogen-bond donors (Lipinski definition) is 1. The van der Waals surface area contributed by atoms with E-state index in [1.54, 1.807) is 0 Å². The average molecular weight is 193 g/mol. The van der Waals surface area contributed by atoms with Crippen LogP contribution in [0.5, 0.6) is 0 Å². The third kappa shape index (κ3) is 2.08. The molecule has 0 aromatic carbocycles. The second-order valence-electron chi connectivity index (χ2n) is 4.96. The summed E-state index contributed by atoms with van der Waals surface area (Å²) in [7, 11) is 0. The van der Waals surface area contributed by atoms with E-state index in [-0.39, 0.29) is 0 Å². The Morgan fingerprint density at radius 2 is 2.29 bits per heavy atom. The summed E-state index contributed by atoms with van der Waals surface area (Å²) < 4.78 is 0. The number of likely N-dealkylation sites (tertiary alicyclic amines) is 1. The number of nitrogens with zero attached hydrogens (tertiary/aromatic N) is 2. The lowest BCUT2D eigenvalue weighted by Gasteiger charge is -2.21. The van der Waals surface area contributed by atoms with Crippen molar-refractivity contribution >= 4 is 0 Å². The van der Waals surface area contributed by atoms with Gasteiger partial charge in [-0.2, -0.15) is 5.26 Å². The standard InChI is InChI=1S/C11H19N3/c12-5-4-11(2-3-11)9-14-6-1-10(7-13)8-14/h10H,1-4,6-9,13H2. The van der Waals surface area contributed by atoms with E-state index < -0.39 is 0 Å². The van der Waals surface area contributed by atoms with Gasteiger partial charge in [-0.05, 0) is 43.7 Å². The highest BCUT2D eigenvalue weighted by molar-refractivity contribution is 5.01. The molecule has 1 aliphatic carbocycles. The third-order valence-corrected chi connectivity index (χ3v) is 3.67. The molecule has 78 valence electrons. The second-order valence-corrected chi connectivity index (χ2v) is 4.96. The largest absolute Gasteiger partial charge is 0.330 e. The summed E-state index contributed by atoms with van der Waals surface area (Å²) in [5.41, 5.74) is 6.03. The highest BCUT2D eigenvalue weighted by atomic mass is 15.2. The van der Waals surface area contributed by atoms with E-state index in [0.717, 1.165) is 26.1 Å². The van der Waals surface area contributed by atoms with Crippen LogP contribution < -0.4 is 5.73 Å². The molecule has 1 saturated heterocycles. The molecule has 0 amide bonds. The maximum Gasteiger partial charge on any atom is 0.0628 e. The molecule has 0 bridgehead atoms. The predicted molar refractivity (Wildman–Crippen MR) is 55.5 cm³/mol. The van der Waals surface area contributed by atoms with E-state index >= 15 is 0 Å². The Labute approximate surface area is 85.9 Å². The van der Waals surface area contributed by atoms with E-state index in [1.165, 1.54) is 25.8 Å². The molecule has 1 aliphatic heterocycles. The molecule has 1 atom stereocenters. The molecule has 0 aromatic rings.